The van der Waals surface area contributed by atoms with Crippen molar-refractivity contribution >= 4 is 22.7 Å². The number of rotatable bonds is 1. The molecule has 156 valence electrons. The van der Waals surface area contributed by atoms with Crippen molar-refractivity contribution in [3.05, 3.63) is 81.8 Å². The van der Waals surface area contributed by atoms with Crippen LogP contribution in [0.3, 0.4) is 0 Å². The Morgan fingerprint density at radius 3 is 2.61 bits per heavy atom. The lowest BCUT2D eigenvalue weighted by atomic mass is 9.72. The van der Waals surface area contributed by atoms with E-state index in [-0.39, 0.29) is 17.5 Å². The molecule has 0 saturated carbocycles. The summed E-state index contributed by atoms with van der Waals surface area (Å²) >= 11 is 1.79. The lowest BCUT2D eigenvalue weighted by molar-refractivity contribution is 0.0268. The van der Waals surface area contributed by atoms with Crippen LogP contribution in [-0.2, 0) is 0 Å². The SMILES string of the molecule is Cc1nn(-c2ccccc2)c2c1[C@H]1c3c(c4ccccc4oc3=O)OC(C)(C)[C@H]1CS2. The summed E-state index contributed by atoms with van der Waals surface area (Å²) < 4.78 is 14.3. The van der Waals surface area contributed by atoms with Gasteiger partial charge in [-0.05, 0) is 45.0 Å². The summed E-state index contributed by atoms with van der Waals surface area (Å²) in [6.07, 6.45) is 0. The molecule has 0 spiro atoms. The zero-order valence-electron chi connectivity index (χ0n) is 17.6. The Bertz CT molecular complexity index is 1390. The van der Waals surface area contributed by atoms with Gasteiger partial charge in [-0.1, -0.05) is 30.3 Å². The van der Waals surface area contributed by atoms with E-state index in [0.717, 1.165) is 33.1 Å². The molecule has 31 heavy (non-hydrogen) atoms. The van der Waals surface area contributed by atoms with Crippen LogP contribution < -0.4 is 10.4 Å². The molecule has 2 atom stereocenters. The van der Waals surface area contributed by atoms with Crippen molar-refractivity contribution in [3.63, 3.8) is 0 Å². The van der Waals surface area contributed by atoms with E-state index in [2.05, 4.69) is 26.0 Å². The second-order valence-electron chi connectivity index (χ2n) is 8.78. The first-order valence-corrected chi connectivity index (χ1v) is 11.5. The molecular weight excluding hydrogens is 408 g/mol. The molecule has 0 N–H and O–H groups in total. The first-order valence-electron chi connectivity index (χ1n) is 10.5. The molecule has 0 aliphatic carbocycles. The molecule has 4 aromatic rings. The maximum atomic E-state index is 13.3. The Morgan fingerprint density at radius 1 is 1.06 bits per heavy atom. The first-order chi connectivity index (χ1) is 15.0. The molecule has 6 rings (SSSR count). The second kappa shape index (κ2) is 6.50. The van der Waals surface area contributed by atoms with Crippen LogP contribution in [-0.4, -0.2) is 21.1 Å². The van der Waals surface area contributed by atoms with Gasteiger partial charge in [0, 0.05) is 23.2 Å². The smallest absolute Gasteiger partial charge is 0.343 e. The number of para-hydroxylation sites is 2. The van der Waals surface area contributed by atoms with Gasteiger partial charge in [0.1, 0.15) is 22.0 Å². The van der Waals surface area contributed by atoms with Gasteiger partial charge in [0.15, 0.2) is 0 Å². The van der Waals surface area contributed by atoms with Crippen molar-refractivity contribution < 1.29 is 9.15 Å². The molecule has 5 nitrogen and oxygen atoms in total. The van der Waals surface area contributed by atoms with Crippen molar-refractivity contribution in [2.75, 3.05) is 5.75 Å². The van der Waals surface area contributed by atoms with Crippen molar-refractivity contribution in [3.8, 4) is 11.4 Å². The third-order valence-electron chi connectivity index (χ3n) is 6.54. The minimum absolute atomic E-state index is 0.117. The lowest BCUT2D eigenvalue weighted by Gasteiger charge is -2.46. The van der Waals surface area contributed by atoms with Crippen molar-refractivity contribution in [2.45, 2.75) is 37.3 Å². The zero-order valence-corrected chi connectivity index (χ0v) is 18.4. The third kappa shape index (κ3) is 2.64. The summed E-state index contributed by atoms with van der Waals surface area (Å²) in [5.41, 5.74) is 3.52. The van der Waals surface area contributed by atoms with Crippen molar-refractivity contribution in [1.82, 2.24) is 9.78 Å². The number of aryl methyl sites for hydroxylation is 1. The molecule has 0 bridgehead atoms. The molecule has 0 radical (unpaired) electrons. The highest BCUT2D eigenvalue weighted by atomic mass is 32.2. The van der Waals surface area contributed by atoms with Gasteiger partial charge in [0.05, 0.1) is 22.3 Å². The Morgan fingerprint density at radius 2 is 1.81 bits per heavy atom. The fourth-order valence-electron chi connectivity index (χ4n) is 5.03. The van der Waals surface area contributed by atoms with E-state index < -0.39 is 5.60 Å². The molecule has 2 aliphatic heterocycles. The highest BCUT2D eigenvalue weighted by molar-refractivity contribution is 7.99. The summed E-state index contributed by atoms with van der Waals surface area (Å²) in [7, 11) is 0. The van der Waals surface area contributed by atoms with Gasteiger partial charge in [0.25, 0.3) is 0 Å². The fraction of sp³-hybridized carbons (Fsp3) is 0.280. The topological polar surface area (TPSA) is 57.3 Å². The van der Waals surface area contributed by atoms with Gasteiger partial charge >= 0.3 is 5.63 Å². The first kappa shape index (κ1) is 18.8. The maximum absolute atomic E-state index is 13.3. The number of ether oxygens (including phenoxy) is 1. The van der Waals surface area contributed by atoms with Gasteiger partial charge in [-0.2, -0.15) is 5.10 Å². The monoisotopic (exact) mass is 430 g/mol. The van der Waals surface area contributed by atoms with E-state index in [9.17, 15) is 4.79 Å². The molecule has 0 amide bonds. The maximum Gasteiger partial charge on any atom is 0.343 e. The molecule has 0 saturated heterocycles. The van der Waals surface area contributed by atoms with Crippen LogP contribution in [0.2, 0.25) is 0 Å². The molecule has 0 fully saturated rings. The Hall–Kier alpha value is -2.99. The normalized spacial score (nSPS) is 21.1. The number of thioether (sulfide) groups is 1. The number of nitrogens with zero attached hydrogens (tertiary/aromatic N) is 2. The highest BCUT2D eigenvalue weighted by Gasteiger charge is 2.51. The predicted octanol–water partition coefficient (Wildman–Crippen LogP) is 5.31. The van der Waals surface area contributed by atoms with E-state index in [0.29, 0.717) is 16.9 Å². The average molecular weight is 431 g/mol. The summed E-state index contributed by atoms with van der Waals surface area (Å²) in [6.45, 7) is 6.28. The standard InChI is InChI=1S/C25H22N2O3S/c1-14-19-20-17(13-31-23(19)27(26-14)15-9-5-4-6-10-15)25(2,3)30-22-16-11-7-8-12-18(16)29-24(28)21(20)22/h4-12,17,20H,13H2,1-3H3/t17-,20-/m0/s1. The molecule has 6 heteroatoms. The fourth-order valence-corrected chi connectivity index (χ4v) is 6.66. The van der Waals surface area contributed by atoms with Crippen LogP contribution in [0, 0.1) is 12.8 Å². The number of hydrogen-bond acceptors (Lipinski definition) is 5. The van der Waals surface area contributed by atoms with Gasteiger partial charge in [0.2, 0.25) is 0 Å². The molecule has 2 aromatic heterocycles. The third-order valence-corrected chi connectivity index (χ3v) is 7.74. The molecule has 4 heterocycles. The number of aromatic nitrogens is 2. The minimum atomic E-state index is -0.430. The van der Waals surface area contributed by atoms with Gasteiger partial charge in [-0.25, -0.2) is 9.48 Å². The summed E-state index contributed by atoms with van der Waals surface area (Å²) in [4.78, 5) is 13.3. The highest BCUT2D eigenvalue weighted by Crippen LogP contribution is 2.55. The van der Waals surface area contributed by atoms with Crippen molar-refractivity contribution in [2.24, 2.45) is 5.92 Å². The van der Waals surface area contributed by atoms with Crippen LogP contribution in [0.25, 0.3) is 16.7 Å². The van der Waals surface area contributed by atoms with Crippen LogP contribution in [0.5, 0.6) is 5.75 Å². The Balaban J connectivity index is 1.66. The van der Waals surface area contributed by atoms with E-state index in [1.54, 1.807) is 11.8 Å². The quantitative estimate of drug-likeness (QED) is 0.383. The molecule has 0 unspecified atom stereocenters. The largest absolute Gasteiger partial charge is 0.486 e. The summed E-state index contributed by atoms with van der Waals surface area (Å²) in [5, 5.41) is 6.83. The predicted molar refractivity (Wildman–Crippen MR) is 122 cm³/mol. The van der Waals surface area contributed by atoms with Crippen LogP contribution in [0.1, 0.15) is 36.6 Å². The minimum Gasteiger partial charge on any atom is -0.486 e. The van der Waals surface area contributed by atoms with Crippen molar-refractivity contribution in [1.29, 1.82) is 0 Å². The van der Waals surface area contributed by atoms with E-state index >= 15 is 0 Å². The number of benzene rings is 2. The number of fused-ring (bicyclic) bond motifs is 7. The van der Waals surface area contributed by atoms with Crippen LogP contribution in [0.4, 0.5) is 0 Å². The summed E-state index contributed by atoms with van der Waals surface area (Å²) in [5.74, 6) is 1.51. The molecular formula is C25H22N2O3S. The Labute approximate surface area is 184 Å². The Kier molecular flexibility index (Phi) is 3.93. The van der Waals surface area contributed by atoms with E-state index in [1.165, 1.54) is 0 Å². The van der Waals surface area contributed by atoms with Crippen LogP contribution >= 0.6 is 11.8 Å². The van der Waals surface area contributed by atoms with E-state index in [4.69, 9.17) is 14.3 Å². The summed E-state index contributed by atoms with van der Waals surface area (Å²) in [6, 6.07) is 17.8. The number of hydrogen-bond donors (Lipinski definition) is 0. The van der Waals surface area contributed by atoms with E-state index in [1.807, 2.05) is 54.1 Å². The van der Waals surface area contributed by atoms with Crippen LogP contribution in [0.15, 0.2) is 68.8 Å². The lowest BCUT2D eigenvalue weighted by Crippen LogP contribution is -2.49. The van der Waals surface area contributed by atoms with Gasteiger partial charge in [-0.3, -0.25) is 0 Å². The average Bonchev–Trinajstić information content (AvgIpc) is 3.11. The van der Waals surface area contributed by atoms with Gasteiger partial charge < -0.3 is 9.15 Å². The molecule has 2 aromatic carbocycles. The molecule has 2 aliphatic rings. The van der Waals surface area contributed by atoms with Gasteiger partial charge in [-0.15, -0.1) is 11.8 Å². The second-order valence-corrected chi connectivity index (χ2v) is 9.79. The zero-order chi connectivity index (χ0) is 21.3.